The highest BCUT2D eigenvalue weighted by Gasteiger charge is 2.06. The van der Waals surface area contributed by atoms with Gasteiger partial charge in [0.05, 0.1) is 0 Å². The second-order valence-corrected chi connectivity index (χ2v) is 6.67. The first-order chi connectivity index (χ1) is 12.2. The van der Waals surface area contributed by atoms with Crippen molar-refractivity contribution in [3.8, 4) is 0 Å². The number of nitrogens with zero attached hydrogens (tertiary/aromatic N) is 2. The Kier molecular flexibility index (Phi) is 5.47. The molecular weight excluding hydrogens is 352 g/mol. The number of nitrogens with one attached hydrogen (secondary N) is 2. The second kappa shape index (κ2) is 7.96. The van der Waals surface area contributed by atoms with Crippen LogP contribution in [-0.2, 0) is 11.2 Å². The Hall–Kier alpha value is -2.64. The van der Waals surface area contributed by atoms with E-state index in [-0.39, 0.29) is 11.0 Å². The van der Waals surface area contributed by atoms with Crippen molar-refractivity contribution in [2.24, 2.45) is 0 Å². The fourth-order valence-corrected chi connectivity index (χ4v) is 3.24. The van der Waals surface area contributed by atoms with Crippen LogP contribution >= 0.6 is 23.6 Å². The van der Waals surface area contributed by atoms with Gasteiger partial charge in [0.25, 0.3) is 0 Å². The number of rotatable bonds is 4. The van der Waals surface area contributed by atoms with E-state index < -0.39 is 0 Å². The van der Waals surface area contributed by atoms with E-state index in [2.05, 4.69) is 20.8 Å². The molecule has 1 aromatic heterocycles. The van der Waals surface area contributed by atoms with Gasteiger partial charge in [-0.25, -0.2) is 0 Å². The van der Waals surface area contributed by atoms with Gasteiger partial charge in [0.15, 0.2) is 5.11 Å². The van der Waals surface area contributed by atoms with Crippen LogP contribution in [0.15, 0.2) is 48.5 Å². The summed E-state index contributed by atoms with van der Waals surface area (Å²) in [6, 6.07) is 14.0. The van der Waals surface area contributed by atoms with Crippen molar-refractivity contribution in [3.63, 3.8) is 0 Å². The zero-order valence-electron chi connectivity index (χ0n) is 13.5. The predicted molar refractivity (Wildman–Crippen MR) is 107 cm³/mol. The Balaban J connectivity index is 1.63. The molecule has 0 aliphatic heterocycles. The van der Waals surface area contributed by atoms with Crippen LogP contribution in [0.5, 0.6) is 0 Å². The molecule has 0 atom stereocenters. The molecule has 5 nitrogen and oxygen atoms in total. The molecule has 0 fully saturated rings. The molecule has 0 radical (unpaired) electrons. The van der Waals surface area contributed by atoms with E-state index in [4.69, 9.17) is 12.2 Å². The Bertz CT molecular complexity index is 944. The molecule has 2 N–H and O–H groups in total. The molecule has 0 unspecified atom stereocenters. The van der Waals surface area contributed by atoms with Crippen molar-refractivity contribution in [2.45, 2.75) is 13.3 Å². The number of anilines is 1. The largest absolute Gasteiger partial charge is 0.307 e. The molecule has 126 valence electrons. The molecule has 7 heteroatoms. The van der Waals surface area contributed by atoms with E-state index in [1.807, 2.05) is 49.4 Å². The monoisotopic (exact) mass is 368 g/mol. The van der Waals surface area contributed by atoms with E-state index in [1.54, 1.807) is 6.08 Å². The summed E-state index contributed by atoms with van der Waals surface area (Å²) in [5, 5.41) is 17.3. The quantitative estimate of drug-likeness (QED) is 0.542. The minimum Gasteiger partial charge on any atom is -0.307 e. The molecule has 0 saturated heterocycles. The second-order valence-electron chi connectivity index (χ2n) is 5.20. The maximum atomic E-state index is 12.1. The van der Waals surface area contributed by atoms with Crippen LogP contribution in [0.25, 0.3) is 16.8 Å². The minimum atomic E-state index is -0.300. The number of hydrogen-bond donors (Lipinski definition) is 2. The van der Waals surface area contributed by atoms with Gasteiger partial charge in [-0.15, -0.1) is 10.2 Å². The summed E-state index contributed by atoms with van der Waals surface area (Å²) in [5.74, 6) is -0.300. The molecular formula is C18H16N4OS2. The van der Waals surface area contributed by atoms with Gasteiger partial charge in [-0.05, 0) is 41.1 Å². The third kappa shape index (κ3) is 4.46. The summed E-state index contributed by atoms with van der Waals surface area (Å²) in [7, 11) is 0. The van der Waals surface area contributed by atoms with Crippen molar-refractivity contribution in [1.29, 1.82) is 0 Å². The number of aromatic nitrogens is 2. The Morgan fingerprint density at radius 1 is 1.20 bits per heavy atom. The standard InChI is InChI=1S/C18H16N4OS2/c1-2-16-21-22-18(25-16)20-17(24)19-15(23)11-10-13-8-5-7-12-6-3-4-9-14(12)13/h3-11H,2H2,1H3,(H2,19,20,22,23,24)/b11-10+. The Morgan fingerprint density at radius 3 is 2.80 bits per heavy atom. The van der Waals surface area contributed by atoms with E-state index in [0.717, 1.165) is 27.8 Å². The highest BCUT2D eigenvalue weighted by Crippen LogP contribution is 2.19. The van der Waals surface area contributed by atoms with Crippen molar-refractivity contribution in [1.82, 2.24) is 15.5 Å². The Morgan fingerprint density at radius 2 is 2.00 bits per heavy atom. The fourth-order valence-electron chi connectivity index (χ4n) is 2.29. The lowest BCUT2D eigenvalue weighted by Gasteiger charge is -2.04. The summed E-state index contributed by atoms with van der Waals surface area (Å²) in [6.45, 7) is 2.00. The average Bonchev–Trinajstić information content (AvgIpc) is 3.07. The maximum Gasteiger partial charge on any atom is 0.250 e. The maximum absolute atomic E-state index is 12.1. The summed E-state index contributed by atoms with van der Waals surface area (Å²) >= 11 is 6.54. The van der Waals surface area contributed by atoms with Crippen molar-refractivity contribution in [2.75, 3.05) is 5.32 Å². The van der Waals surface area contributed by atoms with Crippen LogP contribution < -0.4 is 10.6 Å². The van der Waals surface area contributed by atoms with Gasteiger partial charge < -0.3 is 5.32 Å². The van der Waals surface area contributed by atoms with E-state index in [9.17, 15) is 4.79 Å². The zero-order valence-corrected chi connectivity index (χ0v) is 15.2. The highest BCUT2D eigenvalue weighted by atomic mass is 32.1. The normalized spacial score (nSPS) is 10.9. The molecule has 0 bridgehead atoms. The number of amides is 1. The molecule has 2 aromatic carbocycles. The first-order valence-corrected chi connectivity index (χ1v) is 8.98. The summed E-state index contributed by atoms with van der Waals surface area (Å²) < 4.78 is 0. The van der Waals surface area contributed by atoms with Crippen molar-refractivity contribution >= 4 is 56.6 Å². The smallest absolute Gasteiger partial charge is 0.250 e. The first-order valence-electron chi connectivity index (χ1n) is 7.76. The predicted octanol–water partition coefficient (Wildman–Crippen LogP) is 3.78. The molecule has 3 aromatic rings. The molecule has 0 aliphatic rings. The number of hydrogen-bond acceptors (Lipinski definition) is 5. The van der Waals surface area contributed by atoms with Crippen LogP contribution in [0.3, 0.4) is 0 Å². The third-order valence-corrected chi connectivity index (χ3v) is 4.65. The highest BCUT2D eigenvalue weighted by molar-refractivity contribution is 7.80. The minimum absolute atomic E-state index is 0.200. The van der Waals surface area contributed by atoms with E-state index in [0.29, 0.717) is 5.13 Å². The number of aryl methyl sites for hydroxylation is 1. The average molecular weight is 368 g/mol. The topological polar surface area (TPSA) is 66.9 Å². The lowest BCUT2D eigenvalue weighted by molar-refractivity contribution is -0.115. The van der Waals surface area contributed by atoms with Gasteiger partial charge in [-0.1, -0.05) is 60.7 Å². The van der Waals surface area contributed by atoms with Crippen molar-refractivity contribution in [3.05, 3.63) is 59.1 Å². The number of thiocarbonyl (C=S) groups is 1. The van der Waals surface area contributed by atoms with E-state index in [1.165, 1.54) is 17.4 Å². The summed E-state index contributed by atoms with van der Waals surface area (Å²) in [5.41, 5.74) is 0.976. The van der Waals surface area contributed by atoms with Crippen molar-refractivity contribution < 1.29 is 4.79 Å². The molecule has 1 heterocycles. The first kappa shape index (κ1) is 17.2. The SMILES string of the molecule is CCc1nnc(NC(=S)NC(=O)/C=C/c2cccc3ccccc23)s1. The number of benzene rings is 2. The van der Waals surface area contributed by atoms with Gasteiger partial charge in [-0.2, -0.15) is 0 Å². The number of carbonyl (C=O) groups excluding carboxylic acids is 1. The number of fused-ring (bicyclic) bond motifs is 1. The van der Waals surface area contributed by atoms with Gasteiger partial charge in [0.1, 0.15) is 5.01 Å². The molecule has 3 rings (SSSR count). The van der Waals surface area contributed by atoms with Gasteiger partial charge in [0.2, 0.25) is 11.0 Å². The molecule has 25 heavy (non-hydrogen) atoms. The Labute approximate surface area is 154 Å². The lowest BCUT2D eigenvalue weighted by Crippen LogP contribution is -2.32. The number of carbonyl (C=O) groups is 1. The third-order valence-electron chi connectivity index (χ3n) is 3.46. The summed E-state index contributed by atoms with van der Waals surface area (Å²) in [6.07, 6.45) is 4.06. The van der Waals surface area contributed by atoms with Gasteiger partial charge in [0, 0.05) is 6.08 Å². The van der Waals surface area contributed by atoms with Crippen LogP contribution in [0.4, 0.5) is 5.13 Å². The molecule has 0 spiro atoms. The van der Waals surface area contributed by atoms with Gasteiger partial charge >= 0.3 is 0 Å². The molecule has 0 saturated carbocycles. The van der Waals surface area contributed by atoms with Crippen LogP contribution in [0, 0.1) is 0 Å². The van der Waals surface area contributed by atoms with Crippen LogP contribution in [0.1, 0.15) is 17.5 Å². The molecule has 1 amide bonds. The van der Waals surface area contributed by atoms with Crippen LogP contribution in [-0.4, -0.2) is 21.2 Å². The van der Waals surface area contributed by atoms with Crippen LogP contribution in [0.2, 0.25) is 0 Å². The zero-order chi connectivity index (χ0) is 17.6. The lowest BCUT2D eigenvalue weighted by atomic mass is 10.0. The van der Waals surface area contributed by atoms with Gasteiger partial charge in [-0.3, -0.25) is 10.1 Å². The fraction of sp³-hybridized carbons (Fsp3) is 0.111. The molecule has 0 aliphatic carbocycles. The summed E-state index contributed by atoms with van der Waals surface area (Å²) in [4.78, 5) is 12.1. The van der Waals surface area contributed by atoms with E-state index >= 15 is 0 Å².